The summed E-state index contributed by atoms with van der Waals surface area (Å²) in [5, 5.41) is 12.4. The van der Waals surface area contributed by atoms with E-state index in [0.717, 1.165) is 0 Å². The van der Waals surface area contributed by atoms with Crippen molar-refractivity contribution in [3.63, 3.8) is 0 Å². The number of nitrogens with zero attached hydrogens (tertiary/aromatic N) is 1. The van der Waals surface area contributed by atoms with E-state index in [4.69, 9.17) is 16.6 Å². The lowest BCUT2D eigenvalue weighted by Gasteiger charge is -2.02. The Kier molecular flexibility index (Phi) is 3.78. The number of anilines is 1. The second-order valence-electron chi connectivity index (χ2n) is 2.86. The predicted octanol–water partition coefficient (Wildman–Crippen LogP) is -0.109. The van der Waals surface area contributed by atoms with Gasteiger partial charge >= 0.3 is 5.97 Å². The summed E-state index contributed by atoms with van der Waals surface area (Å²) in [5.41, 5.74) is 13.6. The number of rotatable bonds is 3. The van der Waals surface area contributed by atoms with Gasteiger partial charge in [-0.3, -0.25) is 5.43 Å². The summed E-state index contributed by atoms with van der Waals surface area (Å²) in [4.78, 5) is 10.9. The maximum Gasteiger partial charge on any atom is 0.356 e. The molecule has 1 aromatic rings. The number of nitrogens with one attached hydrogen (secondary N) is 1. The van der Waals surface area contributed by atoms with E-state index in [-0.39, 0.29) is 10.8 Å². The molecule has 0 atom stereocenters. The van der Waals surface area contributed by atoms with Crippen LogP contribution in [0.15, 0.2) is 29.4 Å². The molecule has 0 aliphatic heterocycles. The molecule has 0 unspecified atom stereocenters. The lowest BCUT2D eigenvalue weighted by Crippen LogP contribution is -2.28. The van der Waals surface area contributed by atoms with Gasteiger partial charge in [-0.2, -0.15) is 5.10 Å². The van der Waals surface area contributed by atoms with Crippen LogP contribution < -0.4 is 16.9 Å². The van der Waals surface area contributed by atoms with E-state index in [1.54, 1.807) is 24.3 Å². The number of carboxylic acid groups (broad SMARTS) is 1. The number of carbonyl (C=O) groups is 1. The maximum absolute atomic E-state index is 10.9. The smallest absolute Gasteiger partial charge is 0.356 e. The lowest BCUT2D eigenvalue weighted by molar-refractivity contribution is -0.129. The molecule has 0 saturated heterocycles. The summed E-state index contributed by atoms with van der Waals surface area (Å²) in [6.45, 7) is 0. The number of benzene rings is 1. The molecule has 16 heavy (non-hydrogen) atoms. The molecule has 0 radical (unpaired) electrons. The average molecular weight is 238 g/mol. The van der Waals surface area contributed by atoms with Crippen LogP contribution in [0.2, 0.25) is 0 Å². The van der Waals surface area contributed by atoms with Gasteiger partial charge in [0.05, 0.1) is 0 Å². The number of hydrogen-bond donors (Lipinski definition) is 4. The van der Waals surface area contributed by atoms with Crippen molar-refractivity contribution in [2.45, 2.75) is 0 Å². The molecule has 1 aromatic carbocycles. The van der Waals surface area contributed by atoms with Gasteiger partial charge in [-0.05, 0) is 24.4 Å². The molecule has 84 valence electrons. The Labute approximate surface area is 96.9 Å². The van der Waals surface area contributed by atoms with Crippen molar-refractivity contribution in [1.29, 1.82) is 0 Å². The van der Waals surface area contributed by atoms with Crippen molar-refractivity contribution in [1.82, 2.24) is 5.43 Å². The number of aliphatic carboxylic acids is 1. The molecule has 1 rings (SSSR count). The molecule has 0 aliphatic rings. The molecular formula is C9H10N4O2S. The van der Waals surface area contributed by atoms with E-state index in [9.17, 15) is 4.79 Å². The fourth-order valence-corrected chi connectivity index (χ4v) is 1.03. The Balaban J connectivity index is 3.03. The highest BCUT2D eigenvalue weighted by atomic mass is 32.1. The van der Waals surface area contributed by atoms with E-state index in [0.29, 0.717) is 11.3 Å². The number of carboxylic acids is 1. The second-order valence-corrected chi connectivity index (χ2v) is 3.30. The van der Waals surface area contributed by atoms with Gasteiger partial charge in [-0.15, -0.1) is 0 Å². The van der Waals surface area contributed by atoms with Crippen LogP contribution in [0.3, 0.4) is 0 Å². The summed E-state index contributed by atoms with van der Waals surface area (Å²) in [6.07, 6.45) is 0. The van der Waals surface area contributed by atoms with Crippen molar-refractivity contribution in [2.24, 2.45) is 10.8 Å². The Morgan fingerprint density at radius 3 is 2.38 bits per heavy atom. The number of hydrogen-bond acceptors (Lipinski definition) is 4. The third-order valence-electron chi connectivity index (χ3n) is 1.66. The minimum atomic E-state index is -1.19. The molecule has 0 saturated carbocycles. The molecule has 7 heteroatoms. The fourth-order valence-electron chi connectivity index (χ4n) is 0.988. The summed E-state index contributed by atoms with van der Waals surface area (Å²) in [5.74, 6) is -1.19. The highest BCUT2D eigenvalue weighted by Crippen LogP contribution is 2.06. The summed E-state index contributed by atoms with van der Waals surface area (Å²) >= 11 is 4.52. The van der Waals surface area contributed by atoms with E-state index in [1.165, 1.54) is 0 Å². The van der Waals surface area contributed by atoms with Crippen LogP contribution in [0.5, 0.6) is 0 Å². The van der Waals surface area contributed by atoms with Crippen LogP contribution in [0.25, 0.3) is 0 Å². The molecule has 6 N–H and O–H groups in total. The molecule has 0 heterocycles. The first kappa shape index (κ1) is 11.9. The third kappa shape index (κ3) is 3.21. The van der Waals surface area contributed by atoms with Crippen molar-refractivity contribution in [3.05, 3.63) is 29.8 Å². The zero-order valence-electron chi connectivity index (χ0n) is 8.18. The van der Waals surface area contributed by atoms with Crippen molar-refractivity contribution in [3.8, 4) is 0 Å². The normalized spacial score (nSPS) is 10.9. The van der Waals surface area contributed by atoms with Gasteiger partial charge in [0.1, 0.15) is 0 Å². The van der Waals surface area contributed by atoms with E-state index >= 15 is 0 Å². The summed E-state index contributed by atoms with van der Waals surface area (Å²) < 4.78 is 0. The van der Waals surface area contributed by atoms with Gasteiger partial charge in [0.2, 0.25) is 0 Å². The lowest BCUT2D eigenvalue weighted by atomic mass is 10.1. The predicted molar refractivity (Wildman–Crippen MR) is 64.9 cm³/mol. The molecular weight excluding hydrogens is 228 g/mol. The first-order valence-corrected chi connectivity index (χ1v) is 4.64. The van der Waals surface area contributed by atoms with Gasteiger partial charge < -0.3 is 16.6 Å². The number of nitrogens with two attached hydrogens (primary N) is 2. The highest BCUT2D eigenvalue weighted by molar-refractivity contribution is 7.80. The van der Waals surface area contributed by atoms with E-state index in [2.05, 4.69) is 22.7 Å². The molecule has 0 aliphatic carbocycles. The topological polar surface area (TPSA) is 114 Å². The SMILES string of the molecule is NC(=S)NN=C(C(=O)O)c1ccc(N)cc1. The van der Waals surface area contributed by atoms with Crippen LogP contribution in [0, 0.1) is 0 Å². The Hall–Kier alpha value is -2.15. The Bertz CT molecular complexity index is 441. The van der Waals surface area contributed by atoms with Gasteiger partial charge in [-0.1, -0.05) is 12.1 Å². The first-order chi connectivity index (χ1) is 7.50. The number of hydrazone groups is 1. The molecule has 0 spiro atoms. The monoisotopic (exact) mass is 238 g/mol. The number of thiocarbonyl (C=S) groups is 1. The van der Waals surface area contributed by atoms with Crippen LogP contribution in [0.4, 0.5) is 5.69 Å². The zero-order valence-corrected chi connectivity index (χ0v) is 8.99. The van der Waals surface area contributed by atoms with Gasteiger partial charge in [-0.25, -0.2) is 4.79 Å². The zero-order chi connectivity index (χ0) is 12.1. The Morgan fingerprint density at radius 1 is 1.38 bits per heavy atom. The first-order valence-electron chi connectivity index (χ1n) is 4.23. The van der Waals surface area contributed by atoms with Gasteiger partial charge in [0.25, 0.3) is 0 Å². The van der Waals surface area contributed by atoms with Crippen molar-refractivity contribution >= 4 is 34.7 Å². The minimum absolute atomic E-state index is 0.103. The van der Waals surface area contributed by atoms with Crippen molar-refractivity contribution < 1.29 is 9.90 Å². The molecule has 0 fully saturated rings. The van der Waals surface area contributed by atoms with Crippen molar-refractivity contribution in [2.75, 3.05) is 5.73 Å². The molecule has 0 amide bonds. The molecule has 6 nitrogen and oxygen atoms in total. The van der Waals surface area contributed by atoms with Crippen LogP contribution >= 0.6 is 12.2 Å². The molecule has 0 bridgehead atoms. The largest absolute Gasteiger partial charge is 0.476 e. The summed E-state index contributed by atoms with van der Waals surface area (Å²) in [6, 6.07) is 6.25. The standard InChI is InChI=1S/C9H10N4O2S/c10-6-3-1-5(2-4-6)7(8(14)15)12-13-9(11)16/h1-4H,10H2,(H,14,15)(H3,11,13,16). The van der Waals surface area contributed by atoms with Crippen LogP contribution in [0.1, 0.15) is 5.56 Å². The Morgan fingerprint density at radius 2 is 1.94 bits per heavy atom. The number of nitrogen functional groups attached to an aromatic ring is 1. The molecule has 0 aromatic heterocycles. The van der Waals surface area contributed by atoms with Crippen LogP contribution in [-0.2, 0) is 4.79 Å². The fraction of sp³-hybridized carbons (Fsp3) is 0. The second kappa shape index (κ2) is 5.08. The van der Waals surface area contributed by atoms with E-state index in [1.807, 2.05) is 0 Å². The third-order valence-corrected chi connectivity index (χ3v) is 1.76. The minimum Gasteiger partial charge on any atom is -0.476 e. The summed E-state index contributed by atoms with van der Waals surface area (Å²) in [7, 11) is 0. The maximum atomic E-state index is 10.9. The quantitative estimate of drug-likeness (QED) is 0.253. The highest BCUT2D eigenvalue weighted by Gasteiger charge is 2.12. The van der Waals surface area contributed by atoms with Gasteiger partial charge in [0.15, 0.2) is 10.8 Å². The average Bonchev–Trinajstić information content (AvgIpc) is 2.20. The van der Waals surface area contributed by atoms with Crippen LogP contribution in [-0.4, -0.2) is 21.9 Å². The van der Waals surface area contributed by atoms with E-state index < -0.39 is 5.97 Å². The van der Waals surface area contributed by atoms with Gasteiger partial charge in [0, 0.05) is 11.3 Å².